The molecule has 0 saturated carbocycles. The largest absolute Gasteiger partial charge is 0.419 e. The Balaban J connectivity index is 1.39. The van der Waals surface area contributed by atoms with Crippen LogP contribution in [0.1, 0.15) is 5.89 Å². The zero-order chi connectivity index (χ0) is 21.3. The lowest BCUT2D eigenvalue weighted by molar-refractivity contribution is 0.168. The van der Waals surface area contributed by atoms with E-state index in [2.05, 4.69) is 26.1 Å². The number of piperazine rings is 1. The highest BCUT2D eigenvalue weighted by Gasteiger charge is 2.29. The molecule has 0 radical (unpaired) electrons. The van der Waals surface area contributed by atoms with Crippen LogP contribution in [0.15, 0.2) is 56.2 Å². The van der Waals surface area contributed by atoms with Gasteiger partial charge in [0.15, 0.2) is 11.6 Å². The highest BCUT2D eigenvalue weighted by molar-refractivity contribution is 9.10. The molecule has 1 aliphatic heterocycles. The van der Waals surface area contributed by atoms with E-state index in [0.29, 0.717) is 37.5 Å². The maximum absolute atomic E-state index is 13.4. The van der Waals surface area contributed by atoms with Gasteiger partial charge in [0.2, 0.25) is 21.8 Å². The van der Waals surface area contributed by atoms with Gasteiger partial charge in [0, 0.05) is 30.7 Å². The Morgan fingerprint density at radius 1 is 1.00 bits per heavy atom. The van der Waals surface area contributed by atoms with Crippen LogP contribution in [0.25, 0.3) is 11.5 Å². The smallest absolute Gasteiger partial charge is 0.248 e. The zero-order valence-corrected chi connectivity index (χ0v) is 18.0. The van der Waals surface area contributed by atoms with Crippen LogP contribution in [-0.2, 0) is 16.6 Å². The lowest BCUT2D eigenvalue weighted by Crippen LogP contribution is -2.48. The van der Waals surface area contributed by atoms with Crippen molar-refractivity contribution in [1.29, 1.82) is 0 Å². The van der Waals surface area contributed by atoms with Crippen molar-refractivity contribution < 1.29 is 21.6 Å². The van der Waals surface area contributed by atoms with Gasteiger partial charge in [0.1, 0.15) is 0 Å². The number of hydrogen-bond donors (Lipinski definition) is 0. The topological polar surface area (TPSA) is 79.5 Å². The number of benzene rings is 2. The van der Waals surface area contributed by atoms with Crippen molar-refractivity contribution in [3.05, 3.63) is 64.5 Å². The first-order valence-corrected chi connectivity index (χ1v) is 11.3. The molecule has 30 heavy (non-hydrogen) atoms. The highest BCUT2D eigenvalue weighted by atomic mass is 79.9. The van der Waals surface area contributed by atoms with E-state index in [1.54, 1.807) is 0 Å². The second-order valence-corrected chi connectivity index (χ2v) is 9.53. The average Bonchev–Trinajstić information content (AvgIpc) is 3.19. The maximum atomic E-state index is 13.4. The molecule has 0 atom stereocenters. The van der Waals surface area contributed by atoms with Gasteiger partial charge in [0.25, 0.3) is 0 Å². The molecular formula is C19H17BrF2N4O3S. The van der Waals surface area contributed by atoms with E-state index < -0.39 is 21.7 Å². The van der Waals surface area contributed by atoms with E-state index in [0.717, 1.165) is 22.2 Å². The summed E-state index contributed by atoms with van der Waals surface area (Å²) in [6.07, 6.45) is 0. The van der Waals surface area contributed by atoms with Crippen molar-refractivity contribution in [3.8, 4) is 11.5 Å². The Hall–Kier alpha value is -2.21. The predicted molar refractivity (Wildman–Crippen MR) is 108 cm³/mol. The Morgan fingerprint density at radius 2 is 1.73 bits per heavy atom. The molecule has 0 aliphatic carbocycles. The fourth-order valence-corrected chi connectivity index (χ4v) is 5.06. The summed E-state index contributed by atoms with van der Waals surface area (Å²) in [5, 5.41) is 8.15. The lowest BCUT2D eigenvalue weighted by atomic mass is 10.2. The molecule has 11 heteroatoms. The summed E-state index contributed by atoms with van der Waals surface area (Å²) in [5.74, 6) is -1.44. The third kappa shape index (κ3) is 4.29. The third-order valence-corrected chi connectivity index (χ3v) is 7.38. The molecule has 1 aromatic heterocycles. The molecule has 0 unspecified atom stereocenters. The first-order valence-electron chi connectivity index (χ1n) is 9.09. The molecule has 0 bridgehead atoms. The number of sulfonamides is 1. The maximum Gasteiger partial charge on any atom is 0.248 e. The van der Waals surface area contributed by atoms with Crippen LogP contribution in [0.4, 0.5) is 8.78 Å². The summed E-state index contributed by atoms with van der Waals surface area (Å²) in [6.45, 7) is 1.70. The van der Waals surface area contributed by atoms with Gasteiger partial charge in [-0.3, -0.25) is 4.90 Å². The quantitative estimate of drug-likeness (QED) is 0.536. The fraction of sp³-hybridized carbons (Fsp3) is 0.263. The van der Waals surface area contributed by atoms with Crippen molar-refractivity contribution in [1.82, 2.24) is 19.4 Å². The molecule has 0 spiro atoms. The third-order valence-electron chi connectivity index (χ3n) is 4.79. The summed E-state index contributed by atoms with van der Waals surface area (Å²) in [7, 11) is -3.89. The molecule has 0 N–H and O–H groups in total. The first kappa shape index (κ1) is 21.0. The minimum absolute atomic E-state index is 0.215. The Kier molecular flexibility index (Phi) is 5.96. The van der Waals surface area contributed by atoms with Crippen LogP contribution in [0.5, 0.6) is 0 Å². The predicted octanol–water partition coefficient (Wildman–Crippen LogP) is 3.28. The molecule has 2 heterocycles. The molecule has 1 fully saturated rings. The second-order valence-electron chi connectivity index (χ2n) is 6.74. The molecule has 4 rings (SSSR count). The van der Waals surface area contributed by atoms with E-state index in [-0.39, 0.29) is 18.0 Å². The number of rotatable bonds is 5. The van der Waals surface area contributed by atoms with E-state index >= 15 is 0 Å². The number of halogens is 3. The van der Waals surface area contributed by atoms with Crippen LogP contribution in [-0.4, -0.2) is 54.0 Å². The Labute approximate surface area is 180 Å². The number of hydrogen-bond acceptors (Lipinski definition) is 6. The molecule has 158 valence electrons. The van der Waals surface area contributed by atoms with Crippen LogP contribution >= 0.6 is 15.9 Å². The van der Waals surface area contributed by atoms with Gasteiger partial charge in [-0.2, -0.15) is 4.31 Å². The molecular weight excluding hydrogens is 482 g/mol. The zero-order valence-electron chi connectivity index (χ0n) is 15.6. The van der Waals surface area contributed by atoms with Crippen molar-refractivity contribution in [3.63, 3.8) is 0 Å². The minimum atomic E-state index is -3.89. The van der Waals surface area contributed by atoms with Crippen LogP contribution in [0, 0.1) is 11.6 Å². The molecule has 0 amide bonds. The first-order chi connectivity index (χ1) is 14.3. The van der Waals surface area contributed by atoms with Gasteiger partial charge < -0.3 is 4.42 Å². The SMILES string of the molecule is O=S(=O)(c1ccc(F)c(F)c1)N1CCN(Cc2nnc(-c3ccccc3Br)o2)CC1. The van der Waals surface area contributed by atoms with E-state index in [1.807, 2.05) is 29.2 Å². The second kappa shape index (κ2) is 8.50. The number of aromatic nitrogens is 2. The van der Waals surface area contributed by atoms with E-state index in [9.17, 15) is 17.2 Å². The molecule has 7 nitrogen and oxygen atoms in total. The molecule has 1 aliphatic rings. The highest BCUT2D eigenvalue weighted by Crippen LogP contribution is 2.27. The van der Waals surface area contributed by atoms with Gasteiger partial charge in [-0.15, -0.1) is 10.2 Å². The van der Waals surface area contributed by atoms with Crippen LogP contribution < -0.4 is 0 Å². The van der Waals surface area contributed by atoms with Gasteiger partial charge >= 0.3 is 0 Å². The molecule has 3 aromatic rings. The van der Waals surface area contributed by atoms with Gasteiger partial charge in [-0.05, 0) is 46.3 Å². The van der Waals surface area contributed by atoms with Gasteiger partial charge in [-0.25, -0.2) is 17.2 Å². The molecule has 2 aromatic carbocycles. The normalized spacial score (nSPS) is 16.1. The minimum Gasteiger partial charge on any atom is -0.419 e. The van der Waals surface area contributed by atoms with Gasteiger partial charge in [-0.1, -0.05) is 12.1 Å². The fourth-order valence-electron chi connectivity index (χ4n) is 3.17. The standard InChI is InChI=1S/C19H17BrF2N4O3S/c20-15-4-2-1-3-14(15)19-24-23-18(29-19)12-25-7-9-26(10-8-25)30(27,28)13-5-6-16(21)17(22)11-13/h1-6,11H,7-10,12H2. The van der Waals surface area contributed by atoms with Crippen LogP contribution in [0.2, 0.25) is 0 Å². The lowest BCUT2D eigenvalue weighted by Gasteiger charge is -2.33. The van der Waals surface area contributed by atoms with Crippen LogP contribution in [0.3, 0.4) is 0 Å². The average molecular weight is 499 g/mol. The number of nitrogens with zero attached hydrogens (tertiary/aromatic N) is 4. The Bertz CT molecular complexity index is 1160. The van der Waals surface area contributed by atoms with Crippen molar-refractivity contribution in [2.75, 3.05) is 26.2 Å². The summed E-state index contributed by atoms with van der Waals surface area (Å²) < 4.78 is 59.7. The summed E-state index contributed by atoms with van der Waals surface area (Å²) in [6, 6.07) is 10.1. The van der Waals surface area contributed by atoms with E-state index in [4.69, 9.17) is 4.42 Å². The van der Waals surface area contributed by atoms with Gasteiger partial charge in [0.05, 0.1) is 17.0 Å². The van der Waals surface area contributed by atoms with Crippen molar-refractivity contribution in [2.45, 2.75) is 11.4 Å². The monoisotopic (exact) mass is 498 g/mol. The summed E-state index contributed by atoms with van der Waals surface area (Å²) in [5.41, 5.74) is 0.790. The molecule has 1 saturated heterocycles. The van der Waals surface area contributed by atoms with Crippen molar-refractivity contribution >= 4 is 26.0 Å². The van der Waals surface area contributed by atoms with Crippen molar-refractivity contribution in [2.24, 2.45) is 0 Å². The summed E-state index contributed by atoms with van der Waals surface area (Å²) in [4.78, 5) is 1.74. The Morgan fingerprint density at radius 3 is 2.43 bits per heavy atom. The van der Waals surface area contributed by atoms with E-state index in [1.165, 1.54) is 4.31 Å². The summed E-state index contributed by atoms with van der Waals surface area (Å²) >= 11 is 3.45.